The summed E-state index contributed by atoms with van der Waals surface area (Å²) < 4.78 is 8.45. The van der Waals surface area contributed by atoms with Gasteiger partial charge in [0.15, 0.2) is 0 Å². The lowest BCUT2D eigenvalue weighted by Gasteiger charge is -2.24. The first-order chi connectivity index (χ1) is 16.7. The molecule has 0 radical (unpaired) electrons. The summed E-state index contributed by atoms with van der Waals surface area (Å²) in [5.41, 5.74) is 3.37. The van der Waals surface area contributed by atoms with Gasteiger partial charge in [-0.05, 0) is 55.9 Å². The third kappa shape index (κ3) is 4.75. The van der Waals surface area contributed by atoms with Crippen molar-refractivity contribution in [1.82, 2.24) is 14.5 Å². The van der Waals surface area contributed by atoms with Crippen LogP contribution in [0.4, 0.5) is 0 Å². The fraction of sp³-hybridized carbons (Fsp3) is 0.448. The monoisotopic (exact) mass is 457 g/mol. The highest BCUT2D eigenvalue weighted by Crippen LogP contribution is 2.35. The first-order valence-corrected chi connectivity index (χ1v) is 12.8. The Balaban J connectivity index is 1.25. The average molecular weight is 458 g/mol. The van der Waals surface area contributed by atoms with Crippen LogP contribution in [0.1, 0.15) is 62.3 Å². The minimum Gasteiger partial charge on any atom is -0.493 e. The zero-order valence-corrected chi connectivity index (χ0v) is 20.0. The normalized spacial score (nSPS) is 18.8. The van der Waals surface area contributed by atoms with E-state index in [1.807, 2.05) is 30.3 Å². The van der Waals surface area contributed by atoms with Crippen molar-refractivity contribution < 1.29 is 9.53 Å². The molecule has 0 spiro atoms. The number of ether oxygens (including phenoxy) is 1. The quantitative estimate of drug-likeness (QED) is 0.282. The van der Waals surface area contributed by atoms with Gasteiger partial charge in [-0.1, -0.05) is 49.2 Å². The molecule has 2 aliphatic rings. The average Bonchev–Trinajstić information content (AvgIpc) is 3.59. The maximum Gasteiger partial charge on any atom is 0.223 e. The summed E-state index contributed by atoms with van der Waals surface area (Å²) in [6, 6.07) is 17.0. The number of hydrogen-bond acceptors (Lipinski definition) is 3. The maximum atomic E-state index is 12.8. The van der Waals surface area contributed by atoms with Crippen molar-refractivity contribution in [3.05, 3.63) is 72.6 Å². The van der Waals surface area contributed by atoms with E-state index in [1.165, 1.54) is 23.9 Å². The van der Waals surface area contributed by atoms with Crippen molar-refractivity contribution in [3.8, 4) is 5.75 Å². The third-order valence-corrected chi connectivity index (χ3v) is 7.34. The van der Waals surface area contributed by atoms with E-state index in [1.54, 1.807) is 0 Å². The van der Waals surface area contributed by atoms with Gasteiger partial charge >= 0.3 is 0 Å². The van der Waals surface area contributed by atoms with E-state index in [4.69, 9.17) is 9.72 Å². The minimum atomic E-state index is 0.183. The van der Waals surface area contributed by atoms with Crippen LogP contribution in [0.3, 0.4) is 0 Å². The van der Waals surface area contributed by atoms with Gasteiger partial charge in [0.25, 0.3) is 0 Å². The molecule has 1 saturated heterocycles. The van der Waals surface area contributed by atoms with Gasteiger partial charge in [0, 0.05) is 31.5 Å². The number of carbonyl (C=O) groups is 1. The first kappa shape index (κ1) is 22.7. The molecule has 1 amide bonds. The highest BCUT2D eigenvalue weighted by Gasteiger charge is 2.38. The van der Waals surface area contributed by atoms with Gasteiger partial charge in [-0.2, -0.15) is 0 Å². The van der Waals surface area contributed by atoms with Crippen LogP contribution in [-0.4, -0.2) is 39.6 Å². The molecule has 34 heavy (non-hydrogen) atoms. The second-order valence-electron chi connectivity index (χ2n) is 9.65. The maximum absolute atomic E-state index is 12.8. The lowest BCUT2D eigenvalue weighted by atomic mass is 10.1. The SMILES string of the molecule is C=CCc1ccccc1OCCCCn1c(C2CC(=O)N(C3CCCC3)C2)nc2ccccc21. The van der Waals surface area contributed by atoms with Crippen molar-refractivity contribution >= 4 is 16.9 Å². The molecule has 2 aromatic carbocycles. The number of hydrogen-bond donors (Lipinski definition) is 0. The molecular formula is C29H35N3O2. The highest BCUT2D eigenvalue weighted by atomic mass is 16.5. The summed E-state index contributed by atoms with van der Waals surface area (Å²) in [4.78, 5) is 20.0. The van der Waals surface area contributed by atoms with Crippen LogP contribution in [0.5, 0.6) is 5.75 Å². The largest absolute Gasteiger partial charge is 0.493 e. The molecule has 1 aromatic heterocycles. The van der Waals surface area contributed by atoms with Crippen molar-refractivity contribution in [2.45, 2.75) is 69.9 Å². The van der Waals surface area contributed by atoms with Crippen LogP contribution in [-0.2, 0) is 17.8 Å². The molecule has 2 heterocycles. The number of allylic oxidation sites excluding steroid dienone is 1. The van der Waals surface area contributed by atoms with E-state index in [9.17, 15) is 4.79 Å². The van der Waals surface area contributed by atoms with Crippen LogP contribution in [0.25, 0.3) is 11.0 Å². The Morgan fingerprint density at radius 2 is 1.85 bits per heavy atom. The Morgan fingerprint density at radius 1 is 1.06 bits per heavy atom. The topological polar surface area (TPSA) is 47.4 Å². The zero-order chi connectivity index (χ0) is 23.3. The van der Waals surface area contributed by atoms with E-state index in [2.05, 4.69) is 40.3 Å². The summed E-state index contributed by atoms with van der Waals surface area (Å²) in [5, 5.41) is 0. The van der Waals surface area contributed by atoms with E-state index in [-0.39, 0.29) is 5.92 Å². The Labute approximate surface area is 202 Å². The summed E-state index contributed by atoms with van der Waals surface area (Å²) in [7, 11) is 0. The number of para-hydroxylation sites is 3. The molecule has 178 valence electrons. The Morgan fingerprint density at radius 3 is 2.71 bits per heavy atom. The van der Waals surface area contributed by atoms with Gasteiger partial charge in [-0.3, -0.25) is 4.79 Å². The Hall–Kier alpha value is -3.08. The summed E-state index contributed by atoms with van der Waals surface area (Å²) >= 11 is 0. The number of likely N-dealkylation sites (tertiary alicyclic amines) is 1. The Bertz CT molecular complexity index is 1150. The fourth-order valence-corrected chi connectivity index (χ4v) is 5.64. The molecular weight excluding hydrogens is 422 g/mol. The van der Waals surface area contributed by atoms with Crippen LogP contribution < -0.4 is 4.74 Å². The van der Waals surface area contributed by atoms with E-state index in [0.717, 1.165) is 62.3 Å². The second-order valence-corrected chi connectivity index (χ2v) is 9.65. The number of amides is 1. The van der Waals surface area contributed by atoms with Crippen LogP contribution in [0, 0.1) is 0 Å². The Kier molecular flexibility index (Phi) is 6.98. The number of fused-ring (bicyclic) bond motifs is 1. The third-order valence-electron chi connectivity index (χ3n) is 7.34. The summed E-state index contributed by atoms with van der Waals surface area (Å²) in [6.07, 6.45) is 10.1. The number of aryl methyl sites for hydroxylation is 1. The molecule has 1 aliphatic carbocycles. The van der Waals surface area contributed by atoms with Gasteiger partial charge in [0.1, 0.15) is 11.6 Å². The number of imidazole rings is 1. The van der Waals surface area contributed by atoms with Gasteiger partial charge in [-0.15, -0.1) is 6.58 Å². The predicted molar refractivity (Wildman–Crippen MR) is 136 cm³/mol. The number of carbonyl (C=O) groups excluding carboxylic acids is 1. The molecule has 0 bridgehead atoms. The van der Waals surface area contributed by atoms with Crippen LogP contribution in [0.2, 0.25) is 0 Å². The number of unbranched alkanes of at least 4 members (excludes halogenated alkanes) is 1. The number of nitrogens with zero attached hydrogens (tertiary/aromatic N) is 3. The molecule has 2 fully saturated rings. The molecule has 5 nitrogen and oxygen atoms in total. The number of aromatic nitrogens is 2. The number of benzene rings is 2. The zero-order valence-electron chi connectivity index (χ0n) is 20.0. The summed E-state index contributed by atoms with van der Waals surface area (Å²) in [5.74, 6) is 2.52. The molecule has 0 N–H and O–H groups in total. The van der Waals surface area contributed by atoms with Crippen LogP contribution >= 0.6 is 0 Å². The molecule has 5 heteroatoms. The highest BCUT2D eigenvalue weighted by molar-refractivity contribution is 5.81. The van der Waals surface area contributed by atoms with Crippen molar-refractivity contribution in [3.63, 3.8) is 0 Å². The standard InChI is InChI=1S/C29H35N3O2/c1-2-11-22-12-3-8-17-27(22)34-19-10-9-18-31-26-16-7-6-15-25(26)30-29(31)23-20-28(33)32(21-23)24-13-4-5-14-24/h2-3,6-8,12,15-17,23-24H,1,4-5,9-11,13-14,18-21H2. The lowest BCUT2D eigenvalue weighted by Crippen LogP contribution is -2.34. The molecule has 1 unspecified atom stereocenters. The van der Waals surface area contributed by atoms with Crippen molar-refractivity contribution in [1.29, 1.82) is 0 Å². The van der Waals surface area contributed by atoms with Gasteiger partial charge in [0.05, 0.1) is 17.6 Å². The van der Waals surface area contributed by atoms with Crippen molar-refractivity contribution in [2.24, 2.45) is 0 Å². The van der Waals surface area contributed by atoms with Gasteiger partial charge in [0.2, 0.25) is 5.91 Å². The molecule has 5 rings (SSSR count). The molecule has 3 aromatic rings. The van der Waals surface area contributed by atoms with Gasteiger partial charge < -0.3 is 14.2 Å². The first-order valence-electron chi connectivity index (χ1n) is 12.8. The smallest absolute Gasteiger partial charge is 0.223 e. The summed E-state index contributed by atoms with van der Waals surface area (Å²) in [6.45, 7) is 6.24. The van der Waals surface area contributed by atoms with Crippen LogP contribution in [0.15, 0.2) is 61.2 Å². The lowest BCUT2D eigenvalue weighted by molar-refractivity contribution is -0.129. The predicted octanol–water partition coefficient (Wildman–Crippen LogP) is 5.88. The molecule has 1 saturated carbocycles. The van der Waals surface area contributed by atoms with E-state index < -0.39 is 0 Å². The minimum absolute atomic E-state index is 0.183. The molecule has 1 atom stereocenters. The van der Waals surface area contributed by atoms with Gasteiger partial charge in [-0.25, -0.2) is 4.98 Å². The number of rotatable bonds is 10. The fourth-order valence-electron chi connectivity index (χ4n) is 5.64. The van der Waals surface area contributed by atoms with Crippen molar-refractivity contribution in [2.75, 3.05) is 13.2 Å². The van der Waals surface area contributed by atoms with E-state index >= 15 is 0 Å². The second kappa shape index (κ2) is 10.5. The molecule has 1 aliphatic heterocycles. The van der Waals surface area contributed by atoms with E-state index in [0.29, 0.717) is 25.0 Å².